The maximum Gasteiger partial charge on any atom is 0.315 e. The van der Waals surface area contributed by atoms with Crippen LogP contribution in [0.25, 0.3) is 0 Å². The van der Waals surface area contributed by atoms with Gasteiger partial charge in [0.15, 0.2) is 0 Å². The highest BCUT2D eigenvalue weighted by Gasteiger charge is 2.61. The molecule has 1 aromatic heterocycles. The molecular weight excluding hydrogens is 717 g/mol. The number of hydrogen-bond donors (Lipinski definition) is 4. The predicted octanol–water partition coefficient (Wildman–Crippen LogP) is 2.52. The summed E-state index contributed by atoms with van der Waals surface area (Å²) < 4.78 is 55.4. The topological polar surface area (TPSA) is 191 Å². The number of nitrogens with zero attached hydrogens (tertiary/aromatic N) is 2. The van der Waals surface area contributed by atoms with E-state index < -0.39 is 79.3 Å². The molecule has 5 amide bonds. The number of likely N-dealkylation sites (N-methyl/N-ethyl adjacent to an activating group) is 1. The largest absolute Gasteiger partial charge is 0.339 e. The van der Waals surface area contributed by atoms with Crippen molar-refractivity contribution in [2.24, 2.45) is 23.2 Å². The van der Waals surface area contributed by atoms with E-state index in [0.717, 1.165) is 11.3 Å². The van der Waals surface area contributed by atoms with Gasteiger partial charge in [0.1, 0.15) is 15.8 Å². The zero-order valence-corrected chi connectivity index (χ0v) is 32.2. The number of hydrogen-bond acceptors (Lipinski definition) is 9. The van der Waals surface area contributed by atoms with Gasteiger partial charge < -0.3 is 20.9 Å². The molecule has 2 heterocycles. The van der Waals surface area contributed by atoms with Gasteiger partial charge >= 0.3 is 6.03 Å². The summed E-state index contributed by atoms with van der Waals surface area (Å²) in [5.74, 6) is -2.87. The van der Waals surface area contributed by atoms with Gasteiger partial charge in [0.05, 0.1) is 11.4 Å². The molecule has 0 radical (unpaired) electrons. The molecule has 1 aromatic carbocycles. The Morgan fingerprint density at radius 2 is 1.75 bits per heavy atom. The monoisotopic (exact) mass is 764 g/mol. The molecule has 2 aliphatic rings. The molecule has 1 aliphatic heterocycles. The minimum Gasteiger partial charge on any atom is -0.339 e. The number of likely N-dealkylation sites (tertiary alicyclic amines) is 1. The third kappa shape index (κ3) is 8.99. The molecular formula is C34H48N6O8S3. The van der Waals surface area contributed by atoms with Gasteiger partial charge in [-0.3, -0.25) is 14.4 Å². The first-order valence-electron chi connectivity index (χ1n) is 16.6. The first-order chi connectivity index (χ1) is 23.7. The minimum atomic E-state index is -4.22. The summed E-state index contributed by atoms with van der Waals surface area (Å²) in [5.41, 5.74) is -2.12. The predicted molar refractivity (Wildman–Crippen MR) is 193 cm³/mol. The van der Waals surface area contributed by atoms with E-state index in [2.05, 4.69) is 27.3 Å². The van der Waals surface area contributed by atoms with E-state index in [1.54, 1.807) is 17.5 Å². The van der Waals surface area contributed by atoms with Gasteiger partial charge in [0, 0.05) is 32.1 Å². The maximum atomic E-state index is 14.0. The minimum absolute atomic E-state index is 0.0246. The second kappa shape index (κ2) is 15.4. The highest BCUT2D eigenvalue weighted by molar-refractivity contribution is 7.91. The average molecular weight is 765 g/mol. The molecule has 5 atom stereocenters. The fourth-order valence-electron chi connectivity index (χ4n) is 6.25. The van der Waals surface area contributed by atoms with Crippen molar-refractivity contribution in [2.45, 2.75) is 74.2 Å². The number of sulfonamides is 2. The normalized spacial score (nSPS) is 22.7. The standard InChI is InChI=1S/C34H48N6O8S3/c1-8-23-19-34(23,31(43)38-50(45,46)24-13-10-9-11-14-24)37-30(42)29-25(22(2)3)16-17-40(29)27(41)20-35-32(44)36-26(33(4,5)6)21-39(7)51(47,48)28-15-12-18-49-28/h8-15,18,22-23,25-26,29H,1,16-17,19-21H2,2-7H3,(H,37,42)(H,38,43)(H2,35,36,44)/t23?,25?,26?,29?,34-/m1/s1. The summed E-state index contributed by atoms with van der Waals surface area (Å²) in [4.78, 5) is 55.4. The van der Waals surface area contributed by atoms with Crippen molar-refractivity contribution in [1.29, 1.82) is 0 Å². The third-order valence-electron chi connectivity index (χ3n) is 9.57. The lowest BCUT2D eigenvalue weighted by atomic mass is 9.87. The molecule has 4 N–H and O–H groups in total. The molecule has 2 fully saturated rings. The molecule has 280 valence electrons. The maximum absolute atomic E-state index is 14.0. The van der Waals surface area contributed by atoms with E-state index in [1.165, 1.54) is 52.7 Å². The third-order valence-corrected chi connectivity index (χ3v) is 14.1. The summed E-state index contributed by atoms with van der Waals surface area (Å²) in [7, 11) is -6.55. The van der Waals surface area contributed by atoms with Gasteiger partial charge in [-0.1, -0.05) is 65.0 Å². The van der Waals surface area contributed by atoms with E-state index in [0.29, 0.717) is 6.42 Å². The van der Waals surface area contributed by atoms with Crippen molar-refractivity contribution in [1.82, 2.24) is 29.9 Å². The van der Waals surface area contributed by atoms with Crippen molar-refractivity contribution in [2.75, 3.05) is 26.7 Å². The van der Waals surface area contributed by atoms with Crippen LogP contribution in [0, 0.1) is 23.2 Å². The Morgan fingerprint density at radius 1 is 1.08 bits per heavy atom. The van der Waals surface area contributed by atoms with Crippen LogP contribution in [-0.2, 0) is 34.4 Å². The Kier molecular flexibility index (Phi) is 12.1. The van der Waals surface area contributed by atoms with Crippen molar-refractivity contribution in [3.05, 3.63) is 60.5 Å². The number of benzene rings is 1. The molecule has 1 saturated carbocycles. The van der Waals surface area contributed by atoms with Gasteiger partial charge in [-0.2, -0.15) is 4.31 Å². The van der Waals surface area contributed by atoms with E-state index in [-0.39, 0.29) is 40.5 Å². The zero-order chi connectivity index (χ0) is 37.9. The number of nitrogens with one attached hydrogen (secondary N) is 4. The van der Waals surface area contributed by atoms with Gasteiger partial charge in [0.2, 0.25) is 11.8 Å². The molecule has 51 heavy (non-hydrogen) atoms. The number of carbonyl (C=O) groups is 4. The van der Waals surface area contributed by atoms with E-state index in [1.807, 2.05) is 34.6 Å². The smallest absolute Gasteiger partial charge is 0.315 e. The molecule has 4 rings (SSSR count). The van der Waals surface area contributed by atoms with Gasteiger partial charge in [0.25, 0.3) is 26.0 Å². The second-order valence-electron chi connectivity index (χ2n) is 14.4. The Hall–Kier alpha value is -3.80. The van der Waals surface area contributed by atoms with Gasteiger partial charge in [-0.05, 0) is 53.7 Å². The summed E-state index contributed by atoms with van der Waals surface area (Å²) in [5, 5.41) is 9.79. The highest BCUT2D eigenvalue weighted by atomic mass is 32.2. The van der Waals surface area contributed by atoms with E-state index in [9.17, 15) is 36.0 Å². The number of urea groups is 1. The Balaban J connectivity index is 1.43. The van der Waals surface area contributed by atoms with Crippen molar-refractivity contribution in [3.63, 3.8) is 0 Å². The number of amides is 5. The van der Waals surface area contributed by atoms with E-state index in [4.69, 9.17) is 0 Å². The lowest BCUT2D eigenvalue weighted by Crippen LogP contribution is -2.59. The molecule has 0 spiro atoms. The van der Waals surface area contributed by atoms with Crippen LogP contribution < -0.4 is 20.7 Å². The van der Waals surface area contributed by atoms with Crippen molar-refractivity contribution >= 4 is 55.1 Å². The molecule has 2 aromatic rings. The van der Waals surface area contributed by atoms with Crippen LogP contribution in [-0.4, -0.2) is 94.1 Å². The Morgan fingerprint density at radius 3 is 2.29 bits per heavy atom. The zero-order valence-electron chi connectivity index (χ0n) is 29.7. The fourth-order valence-corrected chi connectivity index (χ4v) is 9.70. The summed E-state index contributed by atoms with van der Waals surface area (Å²) in [6.45, 7) is 12.9. The molecule has 17 heteroatoms. The molecule has 1 aliphatic carbocycles. The van der Waals surface area contributed by atoms with Crippen LogP contribution in [0.4, 0.5) is 4.79 Å². The van der Waals surface area contributed by atoms with Gasteiger partial charge in [-0.25, -0.2) is 26.4 Å². The Bertz CT molecular complexity index is 1830. The van der Waals surface area contributed by atoms with Crippen LogP contribution >= 0.6 is 11.3 Å². The van der Waals surface area contributed by atoms with Crippen LogP contribution in [0.1, 0.15) is 47.5 Å². The molecule has 14 nitrogen and oxygen atoms in total. The summed E-state index contributed by atoms with van der Waals surface area (Å²) in [6.07, 6.45) is 2.11. The highest BCUT2D eigenvalue weighted by Crippen LogP contribution is 2.45. The molecule has 1 saturated heterocycles. The fraction of sp³-hybridized carbons (Fsp3) is 0.529. The average Bonchev–Trinajstić information content (AvgIpc) is 3.39. The molecule has 0 bridgehead atoms. The quantitative estimate of drug-likeness (QED) is 0.211. The second-order valence-corrected chi connectivity index (χ2v) is 19.3. The Labute approximate surface area is 304 Å². The first kappa shape index (κ1) is 40.0. The van der Waals surface area contributed by atoms with Crippen LogP contribution in [0.2, 0.25) is 0 Å². The molecule has 4 unspecified atom stereocenters. The lowest BCUT2D eigenvalue weighted by Gasteiger charge is -2.34. The van der Waals surface area contributed by atoms with Crippen molar-refractivity contribution in [3.8, 4) is 0 Å². The van der Waals surface area contributed by atoms with Crippen molar-refractivity contribution < 1.29 is 36.0 Å². The lowest BCUT2D eigenvalue weighted by molar-refractivity contribution is -0.140. The summed E-state index contributed by atoms with van der Waals surface area (Å²) >= 11 is 1.10. The van der Waals surface area contributed by atoms with E-state index >= 15 is 0 Å². The van der Waals surface area contributed by atoms with Gasteiger partial charge in [-0.15, -0.1) is 17.9 Å². The number of carbonyl (C=O) groups excluding carboxylic acids is 4. The van der Waals surface area contributed by atoms with Crippen LogP contribution in [0.3, 0.4) is 0 Å². The first-order valence-corrected chi connectivity index (χ1v) is 20.5. The van der Waals surface area contributed by atoms with Crippen LogP contribution in [0.5, 0.6) is 0 Å². The SMILES string of the molecule is C=CC1C[C@]1(NC(=O)C1C(C(C)C)CCN1C(=O)CNC(=O)NC(CN(C)S(=O)(=O)c1cccs1)C(C)(C)C)C(=O)NS(=O)(=O)c1ccccc1. The summed E-state index contributed by atoms with van der Waals surface area (Å²) in [6, 6.07) is 8.24. The number of thiophene rings is 1. The van der Waals surface area contributed by atoms with Crippen LogP contribution in [0.15, 0.2) is 69.6 Å². The number of rotatable bonds is 14.